The first-order valence-electron chi connectivity index (χ1n) is 3.43. The molecule has 0 heterocycles. The second kappa shape index (κ2) is 2.32. The van der Waals surface area contributed by atoms with Crippen LogP contribution in [0.3, 0.4) is 0 Å². The lowest BCUT2D eigenvalue weighted by atomic mass is 9.95. The maximum Gasteiger partial charge on any atom is -0.00591 e. The molecule has 0 nitrogen and oxygen atoms in total. The summed E-state index contributed by atoms with van der Waals surface area (Å²) in [6.07, 6.45) is 1.94. The minimum absolute atomic E-state index is 1.09. The first-order chi connectivity index (χ1) is 4.63. The van der Waals surface area contributed by atoms with Gasteiger partial charge < -0.3 is 0 Å². The van der Waals surface area contributed by atoms with Crippen molar-refractivity contribution in [2.24, 2.45) is 0 Å². The molecule has 0 radical (unpaired) electrons. The average Bonchev–Trinajstić information content (AvgIpc) is 1.93. The van der Waals surface area contributed by atoms with Crippen LogP contribution in [0, 0.1) is 0 Å². The Hall–Kier alpha value is -1.00. The van der Waals surface area contributed by atoms with E-state index in [1.54, 1.807) is 0 Å². The van der Waals surface area contributed by atoms with Gasteiger partial charge in [-0.3, -0.25) is 0 Å². The Bertz CT molecular complexity index is 268. The molecule has 1 rings (SSSR count). The fraction of sp³-hybridized carbons (Fsp3) is 0.300. The van der Waals surface area contributed by atoms with E-state index in [9.17, 15) is 0 Å². The second-order valence-electron chi connectivity index (χ2n) is 2.69. The molecule has 52 valence electrons. The lowest BCUT2D eigenvalue weighted by molar-refractivity contribution is 1.24. The van der Waals surface area contributed by atoms with Crippen LogP contribution < -0.4 is 0 Å². The molecule has 0 spiro atoms. The summed E-state index contributed by atoms with van der Waals surface area (Å²) in [4.78, 5) is 0. The lowest BCUT2D eigenvalue weighted by Gasteiger charge is -2.09. The van der Waals surface area contributed by atoms with E-state index in [1.165, 1.54) is 16.7 Å². The fourth-order valence-corrected chi connectivity index (χ4v) is 0.934. The van der Waals surface area contributed by atoms with Gasteiger partial charge in [0.1, 0.15) is 0 Å². The highest BCUT2D eigenvalue weighted by Crippen LogP contribution is 2.22. The third kappa shape index (κ3) is 0.984. The molecule has 0 aromatic rings. The average molecular weight is 132 g/mol. The Balaban J connectivity index is 3.27. The van der Waals surface area contributed by atoms with Crippen molar-refractivity contribution in [1.29, 1.82) is 0 Å². The quantitative estimate of drug-likeness (QED) is 0.444. The van der Waals surface area contributed by atoms with E-state index >= 15 is 0 Å². The van der Waals surface area contributed by atoms with Gasteiger partial charge in [0.25, 0.3) is 0 Å². The first-order valence-corrected chi connectivity index (χ1v) is 3.43. The molecule has 0 atom stereocenters. The molecule has 0 aromatic heterocycles. The van der Waals surface area contributed by atoms with Crippen molar-refractivity contribution in [1.82, 2.24) is 0 Å². The summed E-state index contributed by atoms with van der Waals surface area (Å²) in [7, 11) is 0. The van der Waals surface area contributed by atoms with Crippen LogP contribution >= 0.6 is 0 Å². The van der Waals surface area contributed by atoms with Crippen LogP contribution in [0.5, 0.6) is 0 Å². The van der Waals surface area contributed by atoms with Crippen molar-refractivity contribution in [3.63, 3.8) is 0 Å². The molecule has 0 saturated carbocycles. The van der Waals surface area contributed by atoms with Crippen LogP contribution in [-0.4, -0.2) is 0 Å². The topological polar surface area (TPSA) is 0 Å². The van der Waals surface area contributed by atoms with Crippen LogP contribution in [-0.2, 0) is 0 Å². The van der Waals surface area contributed by atoms with E-state index in [4.69, 9.17) is 0 Å². The molecule has 0 heteroatoms. The van der Waals surface area contributed by atoms with Crippen molar-refractivity contribution < 1.29 is 0 Å². The summed E-state index contributed by atoms with van der Waals surface area (Å²) >= 11 is 0. The van der Waals surface area contributed by atoms with Crippen molar-refractivity contribution in [2.75, 3.05) is 0 Å². The minimum Gasteiger partial charge on any atom is -0.117 e. The molecular formula is C10H12. The molecule has 0 aliphatic heterocycles. The Morgan fingerprint density at radius 3 is 2.30 bits per heavy atom. The van der Waals surface area contributed by atoms with Crippen molar-refractivity contribution in [2.45, 2.75) is 20.8 Å². The predicted molar refractivity (Wildman–Crippen MR) is 44.8 cm³/mol. The van der Waals surface area contributed by atoms with Crippen LogP contribution in [0.15, 0.2) is 40.7 Å². The van der Waals surface area contributed by atoms with Crippen molar-refractivity contribution in [3.8, 4) is 0 Å². The standard InChI is InChI=1S/C10H12/c1-7-5-6-8(2)10(4)9(7)3/h5H,1H2,2-4H3. The van der Waals surface area contributed by atoms with E-state index in [0.29, 0.717) is 0 Å². The van der Waals surface area contributed by atoms with Gasteiger partial charge in [0.2, 0.25) is 0 Å². The summed E-state index contributed by atoms with van der Waals surface area (Å²) in [5.74, 6) is 0. The second-order valence-corrected chi connectivity index (χ2v) is 2.69. The van der Waals surface area contributed by atoms with Gasteiger partial charge in [0, 0.05) is 0 Å². The molecule has 0 bridgehead atoms. The van der Waals surface area contributed by atoms with Gasteiger partial charge in [-0.25, -0.2) is 0 Å². The maximum absolute atomic E-state index is 3.89. The molecule has 0 amide bonds. The molecule has 1 aliphatic rings. The molecule has 0 unspecified atom stereocenters. The Morgan fingerprint density at radius 2 is 1.80 bits per heavy atom. The highest BCUT2D eigenvalue weighted by Gasteiger charge is 2.03. The van der Waals surface area contributed by atoms with Gasteiger partial charge in [-0.2, -0.15) is 0 Å². The third-order valence-electron chi connectivity index (χ3n) is 2.07. The lowest BCUT2D eigenvalue weighted by Crippen LogP contribution is -1.91. The van der Waals surface area contributed by atoms with E-state index in [2.05, 4.69) is 33.1 Å². The van der Waals surface area contributed by atoms with Crippen LogP contribution in [0.2, 0.25) is 0 Å². The van der Waals surface area contributed by atoms with Gasteiger partial charge in [0.05, 0.1) is 0 Å². The zero-order valence-corrected chi connectivity index (χ0v) is 6.78. The van der Waals surface area contributed by atoms with Gasteiger partial charge >= 0.3 is 0 Å². The predicted octanol–water partition coefficient (Wildman–Crippen LogP) is 2.99. The Morgan fingerprint density at radius 1 is 1.20 bits per heavy atom. The number of rotatable bonds is 0. The largest absolute Gasteiger partial charge is 0.117 e. The van der Waals surface area contributed by atoms with Crippen molar-refractivity contribution in [3.05, 3.63) is 40.7 Å². The van der Waals surface area contributed by atoms with E-state index in [-0.39, 0.29) is 0 Å². The number of hydrogen-bond donors (Lipinski definition) is 0. The van der Waals surface area contributed by atoms with E-state index in [0.717, 1.165) is 5.57 Å². The summed E-state index contributed by atoms with van der Waals surface area (Å²) < 4.78 is 0. The highest BCUT2D eigenvalue weighted by atomic mass is 14.1. The molecule has 10 heavy (non-hydrogen) atoms. The van der Waals surface area contributed by atoms with Crippen LogP contribution in [0.25, 0.3) is 0 Å². The molecule has 0 aromatic carbocycles. The molecule has 0 saturated heterocycles. The Kier molecular flexibility index (Phi) is 1.65. The Labute approximate surface area is 62.3 Å². The van der Waals surface area contributed by atoms with Crippen LogP contribution in [0.1, 0.15) is 20.8 Å². The van der Waals surface area contributed by atoms with Crippen LogP contribution in [0.4, 0.5) is 0 Å². The van der Waals surface area contributed by atoms with Gasteiger partial charge in [0.15, 0.2) is 0 Å². The van der Waals surface area contributed by atoms with E-state index in [1.807, 2.05) is 6.08 Å². The molecule has 0 fully saturated rings. The summed E-state index contributed by atoms with van der Waals surface area (Å²) in [5, 5.41) is 0. The normalized spacial score (nSPS) is 17.9. The number of hydrogen-bond acceptors (Lipinski definition) is 0. The van der Waals surface area contributed by atoms with Gasteiger partial charge in [-0.05, 0) is 49.1 Å². The zero-order chi connectivity index (χ0) is 7.72. The first kappa shape index (κ1) is 7.11. The molecular weight excluding hydrogens is 120 g/mol. The highest BCUT2D eigenvalue weighted by molar-refractivity contribution is 5.49. The molecule has 0 N–H and O–H groups in total. The zero-order valence-electron chi connectivity index (χ0n) is 6.78. The maximum atomic E-state index is 3.89. The summed E-state index contributed by atoms with van der Waals surface area (Å²) in [6.45, 7) is 10.2. The third-order valence-corrected chi connectivity index (χ3v) is 2.07. The summed E-state index contributed by atoms with van der Waals surface area (Å²) in [5.41, 5.74) is 8.06. The SMILES string of the molecule is C=C1C=C=C(C)C(C)=C1C. The fourth-order valence-electron chi connectivity index (χ4n) is 0.934. The monoisotopic (exact) mass is 132 g/mol. The van der Waals surface area contributed by atoms with Gasteiger partial charge in [-0.15, -0.1) is 5.73 Å². The summed E-state index contributed by atoms with van der Waals surface area (Å²) in [6, 6.07) is 0. The van der Waals surface area contributed by atoms with E-state index < -0.39 is 0 Å². The van der Waals surface area contributed by atoms with Crippen molar-refractivity contribution >= 4 is 0 Å². The smallest absolute Gasteiger partial charge is 0.00591 e. The molecule has 1 aliphatic carbocycles. The van der Waals surface area contributed by atoms with Gasteiger partial charge in [-0.1, -0.05) is 6.58 Å². The minimum atomic E-state index is 1.09. The number of allylic oxidation sites excluding steroid dienone is 4.